The average Bonchev–Trinajstić information content (AvgIpc) is 2.62. The van der Waals surface area contributed by atoms with E-state index in [1.807, 2.05) is 25.1 Å². The Morgan fingerprint density at radius 2 is 1.46 bits per heavy atom. The van der Waals surface area contributed by atoms with Crippen LogP contribution in [-0.4, -0.2) is 16.8 Å². The highest BCUT2D eigenvalue weighted by molar-refractivity contribution is 6.33. The molecule has 0 atom stereocenters. The molecule has 2 N–H and O–H groups in total. The molecular formula is C20H16ClN3O2. The Morgan fingerprint density at radius 3 is 2.12 bits per heavy atom. The number of rotatable bonds is 4. The van der Waals surface area contributed by atoms with Crippen LogP contribution in [0, 0.1) is 6.92 Å². The molecule has 0 saturated heterocycles. The van der Waals surface area contributed by atoms with Gasteiger partial charge in [0.25, 0.3) is 11.8 Å². The molecular weight excluding hydrogens is 350 g/mol. The Morgan fingerprint density at radius 1 is 0.846 bits per heavy atom. The van der Waals surface area contributed by atoms with Crippen molar-refractivity contribution in [2.75, 3.05) is 10.6 Å². The van der Waals surface area contributed by atoms with E-state index >= 15 is 0 Å². The van der Waals surface area contributed by atoms with Crippen molar-refractivity contribution >= 4 is 34.8 Å². The number of hydrogen-bond donors (Lipinski definition) is 2. The van der Waals surface area contributed by atoms with Gasteiger partial charge in [-0.15, -0.1) is 0 Å². The van der Waals surface area contributed by atoms with Crippen LogP contribution >= 0.6 is 11.6 Å². The maximum atomic E-state index is 12.4. The fraction of sp³-hybridized carbons (Fsp3) is 0.0500. The maximum Gasteiger partial charge on any atom is 0.258 e. The van der Waals surface area contributed by atoms with Gasteiger partial charge in [-0.1, -0.05) is 35.9 Å². The van der Waals surface area contributed by atoms with Crippen LogP contribution in [0.2, 0.25) is 5.15 Å². The molecule has 0 bridgehead atoms. The van der Waals surface area contributed by atoms with Gasteiger partial charge in [-0.3, -0.25) is 9.59 Å². The number of nitrogens with zero attached hydrogens (tertiary/aromatic N) is 1. The largest absolute Gasteiger partial charge is 0.322 e. The lowest BCUT2D eigenvalue weighted by atomic mass is 10.1. The molecule has 0 unspecified atom stereocenters. The molecule has 0 fully saturated rings. The lowest BCUT2D eigenvalue weighted by molar-refractivity contribution is 0.101. The third-order valence-electron chi connectivity index (χ3n) is 3.77. The van der Waals surface area contributed by atoms with E-state index in [-0.39, 0.29) is 22.5 Å². The molecule has 0 aliphatic rings. The van der Waals surface area contributed by atoms with Crippen molar-refractivity contribution in [2.24, 2.45) is 0 Å². The van der Waals surface area contributed by atoms with Crippen LogP contribution in [0.4, 0.5) is 11.4 Å². The van der Waals surface area contributed by atoms with E-state index in [0.717, 1.165) is 5.56 Å². The molecule has 130 valence electrons. The summed E-state index contributed by atoms with van der Waals surface area (Å²) < 4.78 is 0. The lowest BCUT2D eigenvalue weighted by Gasteiger charge is -2.10. The molecule has 5 nitrogen and oxygen atoms in total. The van der Waals surface area contributed by atoms with Crippen LogP contribution < -0.4 is 10.6 Å². The van der Waals surface area contributed by atoms with E-state index < -0.39 is 0 Å². The first-order chi connectivity index (χ1) is 12.5. The predicted molar refractivity (Wildman–Crippen MR) is 103 cm³/mol. The highest BCUT2D eigenvalue weighted by atomic mass is 35.5. The third kappa shape index (κ3) is 4.07. The number of amides is 2. The van der Waals surface area contributed by atoms with Gasteiger partial charge in [0.2, 0.25) is 0 Å². The van der Waals surface area contributed by atoms with E-state index in [1.54, 1.807) is 42.5 Å². The van der Waals surface area contributed by atoms with Crippen molar-refractivity contribution in [3.63, 3.8) is 0 Å². The second kappa shape index (κ2) is 7.80. The molecule has 0 spiro atoms. The average molecular weight is 366 g/mol. The first kappa shape index (κ1) is 17.6. The van der Waals surface area contributed by atoms with Crippen molar-refractivity contribution in [1.29, 1.82) is 0 Å². The fourth-order valence-corrected chi connectivity index (χ4v) is 2.66. The minimum atomic E-state index is -0.370. The van der Waals surface area contributed by atoms with Gasteiger partial charge >= 0.3 is 0 Å². The normalized spacial score (nSPS) is 10.2. The summed E-state index contributed by atoms with van der Waals surface area (Å²) in [5, 5.41) is 5.72. The standard InChI is InChI=1S/C20H16ClN3O2/c1-13-6-2-3-9-16(13)19(25)23-14-7-4-8-15(12-14)24-20(26)17-10-5-11-22-18(17)21/h2-12H,1H3,(H,23,25)(H,24,26). The summed E-state index contributed by atoms with van der Waals surface area (Å²) in [5.74, 6) is -0.577. The Bertz CT molecular complexity index is 898. The van der Waals surface area contributed by atoms with Crippen molar-refractivity contribution in [1.82, 2.24) is 4.98 Å². The minimum absolute atomic E-state index is 0.133. The maximum absolute atomic E-state index is 12.4. The van der Waals surface area contributed by atoms with Crippen LogP contribution in [0.5, 0.6) is 0 Å². The van der Waals surface area contributed by atoms with Gasteiger partial charge in [-0.2, -0.15) is 0 Å². The summed E-state index contributed by atoms with van der Waals surface area (Å²) >= 11 is 5.94. The number of benzene rings is 2. The number of aryl methyl sites for hydroxylation is 1. The van der Waals surface area contributed by atoms with Gasteiger partial charge in [0.05, 0.1) is 5.56 Å². The van der Waals surface area contributed by atoms with Crippen LogP contribution in [0.15, 0.2) is 66.9 Å². The Balaban J connectivity index is 1.74. The molecule has 1 aromatic heterocycles. The molecule has 2 aromatic carbocycles. The van der Waals surface area contributed by atoms with Crippen molar-refractivity contribution in [3.8, 4) is 0 Å². The number of aromatic nitrogens is 1. The Kier molecular flexibility index (Phi) is 5.29. The monoisotopic (exact) mass is 365 g/mol. The Hall–Kier alpha value is -3.18. The first-order valence-corrected chi connectivity index (χ1v) is 8.31. The number of carbonyl (C=O) groups excluding carboxylic acids is 2. The zero-order valence-electron chi connectivity index (χ0n) is 14.0. The lowest BCUT2D eigenvalue weighted by Crippen LogP contribution is -2.15. The summed E-state index contributed by atoms with van der Waals surface area (Å²) in [6, 6.07) is 17.5. The quantitative estimate of drug-likeness (QED) is 0.666. The number of hydrogen-bond acceptors (Lipinski definition) is 3. The summed E-state index contributed by atoms with van der Waals surface area (Å²) in [4.78, 5) is 28.6. The highest BCUT2D eigenvalue weighted by Crippen LogP contribution is 2.19. The molecule has 26 heavy (non-hydrogen) atoms. The number of nitrogens with one attached hydrogen (secondary N) is 2. The minimum Gasteiger partial charge on any atom is -0.322 e. The van der Waals surface area contributed by atoms with Gasteiger partial charge in [0.15, 0.2) is 0 Å². The molecule has 3 aromatic rings. The predicted octanol–water partition coefficient (Wildman–Crippen LogP) is 4.55. The van der Waals surface area contributed by atoms with E-state index in [4.69, 9.17) is 11.6 Å². The number of carbonyl (C=O) groups is 2. The first-order valence-electron chi connectivity index (χ1n) is 7.93. The molecule has 1 heterocycles. The van der Waals surface area contributed by atoms with Crippen molar-refractivity contribution < 1.29 is 9.59 Å². The molecule has 6 heteroatoms. The molecule has 0 saturated carbocycles. The van der Waals surface area contributed by atoms with Crippen LogP contribution in [0.3, 0.4) is 0 Å². The van der Waals surface area contributed by atoms with Gasteiger partial charge < -0.3 is 10.6 Å². The Labute approximate surface area is 156 Å². The second-order valence-corrected chi connectivity index (χ2v) is 6.00. The second-order valence-electron chi connectivity index (χ2n) is 5.65. The van der Waals surface area contributed by atoms with Crippen molar-refractivity contribution in [3.05, 3.63) is 88.7 Å². The summed E-state index contributed by atoms with van der Waals surface area (Å²) in [6.45, 7) is 1.88. The molecule has 0 aliphatic heterocycles. The van der Waals surface area contributed by atoms with Crippen LogP contribution in [0.25, 0.3) is 0 Å². The van der Waals surface area contributed by atoms with Gasteiger partial charge in [-0.25, -0.2) is 4.98 Å². The summed E-state index contributed by atoms with van der Waals surface area (Å²) in [6.07, 6.45) is 1.51. The molecule has 3 rings (SSSR count). The topological polar surface area (TPSA) is 71.1 Å². The zero-order valence-corrected chi connectivity index (χ0v) is 14.7. The molecule has 2 amide bonds. The van der Waals surface area contributed by atoms with E-state index in [9.17, 15) is 9.59 Å². The van der Waals surface area contributed by atoms with E-state index in [2.05, 4.69) is 15.6 Å². The third-order valence-corrected chi connectivity index (χ3v) is 4.07. The van der Waals surface area contributed by atoms with Gasteiger partial charge in [-0.05, 0) is 48.9 Å². The summed E-state index contributed by atoms with van der Waals surface area (Å²) in [5.41, 5.74) is 2.89. The van der Waals surface area contributed by atoms with Crippen molar-refractivity contribution in [2.45, 2.75) is 6.92 Å². The molecule has 0 radical (unpaired) electrons. The van der Waals surface area contributed by atoms with Crippen LogP contribution in [0.1, 0.15) is 26.3 Å². The fourth-order valence-electron chi connectivity index (χ4n) is 2.45. The number of anilines is 2. The molecule has 0 aliphatic carbocycles. The van der Waals surface area contributed by atoms with Gasteiger partial charge in [0.1, 0.15) is 5.15 Å². The van der Waals surface area contributed by atoms with E-state index in [1.165, 1.54) is 6.20 Å². The SMILES string of the molecule is Cc1ccccc1C(=O)Nc1cccc(NC(=O)c2cccnc2Cl)c1. The highest BCUT2D eigenvalue weighted by Gasteiger charge is 2.12. The van der Waals surface area contributed by atoms with Crippen LogP contribution in [-0.2, 0) is 0 Å². The zero-order chi connectivity index (χ0) is 18.5. The smallest absolute Gasteiger partial charge is 0.258 e. The summed E-state index contributed by atoms with van der Waals surface area (Å²) in [7, 11) is 0. The number of pyridine rings is 1. The van der Waals surface area contributed by atoms with Gasteiger partial charge in [0, 0.05) is 23.1 Å². The van der Waals surface area contributed by atoms with E-state index in [0.29, 0.717) is 16.9 Å². The number of halogens is 1.